The number of nitrogens with zero attached hydrogens (tertiary/aromatic N) is 3. The molecule has 0 aromatic carbocycles. The number of anilines is 2. The lowest BCUT2D eigenvalue weighted by molar-refractivity contribution is 0.122. The minimum Gasteiger partial charge on any atom is -0.378 e. The summed E-state index contributed by atoms with van der Waals surface area (Å²) in [7, 11) is 0. The molecule has 0 bridgehead atoms. The largest absolute Gasteiger partial charge is 0.378 e. The van der Waals surface area contributed by atoms with Gasteiger partial charge < -0.3 is 25.2 Å². The number of urea groups is 1. The second-order valence-corrected chi connectivity index (χ2v) is 7.64. The van der Waals surface area contributed by atoms with Gasteiger partial charge in [-0.1, -0.05) is 6.92 Å². The number of carbonyl (C=O) groups is 1. The summed E-state index contributed by atoms with van der Waals surface area (Å²) in [5, 5.41) is 5.78. The topological polar surface area (TPSA) is 69.7 Å². The van der Waals surface area contributed by atoms with E-state index in [9.17, 15) is 4.79 Å². The van der Waals surface area contributed by atoms with Crippen LogP contribution < -0.4 is 15.5 Å². The molecule has 2 amide bonds. The summed E-state index contributed by atoms with van der Waals surface area (Å²) < 4.78 is 5.35. The van der Waals surface area contributed by atoms with Gasteiger partial charge in [-0.3, -0.25) is 0 Å². The first kappa shape index (κ1) is 19.9. The lowest BCUT2D eigenvalue weighted by Gasteiger charge is -2.30. The summed E-state index contributed by atoms with van der Waals surface area (Å²) in [5.74, 6) is 1.75. The second-order valence-electron chi connectivity index (χ2n) is 7.64. The van der Waals surface area contributed by atoms with Gasteiger partial charge in [0.25, 0.3) is 0 Å². The van der Waals surface area contributed by atoms with Crippen molar-refractivity contribution in [2.45, 2.75) is 32.6 Å². The molecule has 7 heteroatoms. The highest BCUT2D eigenvalue weighted by atomic mass is 16.5. The fourth-order valence-electron chi connectivity index (χ4n) is 3.77. The Morgan fingerprint density at radius 3 is 2.85 bits per heavy atom. The summed E-state index contributed by atoms with van der Waals surface area (Å²) in [6.07, 6.45) is 6.53. The lowest BCUT2D eigenvalue weighted by atomic mass is 10.0. The smallest absolute Gasteiger partial charge is 0.319 e. The number of rotatable bonds is 7. The van der Waals surface area contributed by atoms with Gasteiger partial charge >= 0.3 is 6.03 Å². The molecule has 2 aliphatic rings. The number of unbranched alkanes of at least 4 members (excludes halogenated alkanes) is 1. The van der Waals surface area contributed by atoms with Gasteiger partial charge in [0.05, 0.1) is 25.1 Å². The van der Waals surface area contributed by atoms with E-state index in [4.69, 9.17) is 4.74 Å². The number of morpholine rings is 1. The van der Waals surface area contributed by atoms with Crippen LogP contribution in [0.1, 0.15) is 32.6 Å². The van der Waals surface area contributed by atoms with E-state index in [-0.39, 0.29) is 6.03 Å². The molecule has 1 aromatic rings. The number of hydrogen-bond acceptors (Lipinski definition) is 5. The van der Waals surface area contributed by atoms with Crippen molar-refractivity contribution in [3.8, 4) is 0 Å². The van der Waals surface area contributed by atoms with Gasteiger partial charge in [0, 0.05) is 26.2 Å². The van der Waals surface area contributed by atoms with Crippen LogP contribution >= 0.6 is 0 Å². The van der Waals surface area contributed by atoms with E-state index in [2.05, 4.69) is 32.3 Å². The first-order valence-corrected chi connectivity index (χ1v) is 10.3. The van der Waals surface area contributed by atoms with Crippen molar-refractivity contribution in [2.24, 2.45) is 5.92 Å². The number of pyridine rings is 1. The van der Waals surface area contributed by atoms with Gasteiger partial charge in [0.15, 0.2) is 0 Å². The maximum Gasteiger partial charge on any atom is 0.319 e. The predicted molar refractivity (Wildman–Crippen MR) is 108 cm³/mol. The minimum absolute atomic E-state index is 0.164. The Kier molecular flexibility index (Phi) is 7.71. The van der Waals surface area contributed by atoms with E-state index < -0.39 is 0 Å². The van der Waals surface area contributed by atoms with Crippen molar-refractivity contribution in [1.29, 1.82) is 0 Å². The van der Waals surface area contributed by atoms with Gasteiger partial charge in [-0.25, -0.2) is 9.78 Å². The summed E-state index contributed by atoms with van der Waals surface area (Å²) in [4.78, 5) is 21.2. The maximum atomic E-state index is 12.0. The maximum absolute atomic E-state index is 12.0. The standard InChI is InChI=1S/C20H33N5O2/c1-17-5-4-10-24(16-17)9-3-2-8-21-20(26)23-18-6-7-19(22-15-18)25-11-13-27-14-12-25/h6-7,15,17H,2-5,8-14,16H2,1H3,(H2,21,23,26)/t17-/m1/s1. The molecule has 1 aromatic heterocycles. The molecule has 1 atom stereocenters. The molecule has 2 N–H and O–H groups in total. The molecule has 7 nitrogen and oxygen atoms in total. The Morgan fingerprint density at radius 1 is 1.26 bits per heavy atom. The lowest BCUT2D eigenvalue weighted by Crippen LogP contribution is -2.36. The summed E-state index contributed by atoms with van der Waals surface area (Å²) in [6, 6.07) is 3.68. The quantitative estimate of drug-likeness (QED) is 0.717. The average Bonchev–Trinajstić information content (AvgIpc) is 2.69. The molecular weight excluding hydrogens is 342 g/mol. The van der Waals surface area contributed by atoms with Crippen LogP contribution in [-0.4, -0.2) is 68.4 Å². The number of amides is 2. The summed E-state index contributed by atoms with van der Waals surface area (Å²) in [5.41, 5.74) is 0.715. The molecular formula is C20H33N5O2. The number of hydrogen-bond donors (Lipinski definition) is 2. The van der Waals surface area contributed by atoms with E-state index in [1.54, 1.807) is 6.20 Å². The van der Waals surface area contributed by atoms with Crippen LogP contribution in [0.25, 0.3) is 0 Å². The molecule has 0 unspecified atom stereocenters. The van der Waals surface area contributed by atoms with Crippen LogP contribution in [0.4, 0.5) is 16.3 Å². The molecule has 0 aliphatic carbocycles. The Bertz CT molecular complexity index is 574. The molecule has 150 valence electrons. The number of carbonyl (C=O) groups excluding carboxylic acids is 1. The van der Waals surface area contributed by atoms with Crippen molar-refractivity contribution < 1.29 is 9.53 Å². The average molecular weight is 376 g/mol. The number of aromatic nitrogens is 1. The second kappa shape index (κ2) is 10.5. The molecule has 0 spiro atoms. The Labute approximate surface area is 162 Å². The van der Waals surface area contributed by atoms with Crippen molar-refractivity contribution in [1.82, 2.24) is 15.2 Å². The summed E-state index contributed by atoms with van der Waals surface area (Å²) in [6.45, 7) is 9.82. The number of piperidine rings is 1. The Hall–Kier alpha value is -1.86. The van der Waals surface area contributed by atoms with E-state index in [0.29, 0.717) is 12.2 Å². The molecule has 2 fully saturated rings. The van der Waals surface area contributed by atoms with E-state index >= 15 is 0 Å². The number of nitrogens with one attached hydrogen (secondary N) is 2. The third-order valence-corrected chi connectivity index (χ3v) is 5.27. The number of ether oxygens (including phenoxy) is 1. The minimum atomic E-state index is -0.164. The highest BCUT2D eigenvalue weighted by Gasteiger charge is 2.15. The third kappa shape index (κ3) is 6.66. The Balaban J connectivity index is 1.29. The molecule has 0 radical (unpaired) electrons. The molecule has 3 heterocycles. The Morgan fingerprint density at radius 2 is 2.11 bits per heavy atom. The molecule has 27 heavy (non-hydrogen) atoms. The molecule has 0 saturated carbocycles. The zero-order chi connectivity index (χ0) is 18.9. The van der Waals surface area contributed by atoms with Crippen LogP contribution in [0, 0.1) is 5.92 Å². The highest BCUT2D eigenvalue weighted by Crippen LogP contribution is 2.16. The van der Waals surface area contributed by atoms with Crippen LogP contribution in [0.15, 0.2) is 18.3 Å². The predicted octanol–water partition coefficient (Wildman–Crippen LogP) is 2.55. The van der Waals surface area contributed by atoms with E-state index in [0.717, 1.165) is 57.4 Å². The van der Waals surface area contributed by atoms with Gasteiger partial charge in [-0.05, 0) is 56.8 Å². The van der Waals surface area contributed by atoms with Crippen molar-refractivity contribution >= 4 is 17.5 Å². The fourth-order valence-corrected chi connectivity index (χ4v) is 3.77. The first-order chi connectivity index (χ1) is 13.2. The van der Waals surface area contributed by atoms with Crippen molar-refractivity contribution in [2.75, 3.05) is 62.7 Å². The van der Waals surface area contributed by atoms with Gasteiger partial charge in [0.1, 0.15) is 5.82 Å². The van der Waals surface area contributed by atoms with Crippen molar-refractivity contribution in [3.63, 3.8) is 0 Å². The van der Waals surface area contributed by atoms with Crippen LogP contribution in [-0.2, 0) is 4.74 Å². The number of likely N-dealkylation sites (tertiary alicyclic amines) is 1. The van der Waals surface area contributed by atoms with Crippen LogP contribution in [0.3, 0.4) is 0 Å². The highest BCUT2D eigenvalue weighted by molar-refractivity contribution is 5.89. The van der Waals surface area contributed by atoms with Gasteiger partial charge in [-0.2, -0.15) is 0 Å². The molecule has 2 saturated heterocycles. The molecule has 3 rings (SSSR count). The van der Waals surface area contributed by atoms with Crippen LogP contribution in [0.5, 0.6) is 0 Å². The SMILES string of the molecule is C[C@@H]1CCCN(CCCCNC(=O)Nc2ccc(N3CCOCC3)nc2)C1. The van der Waals surface area contributed by atoms with Crippen molar-refractivity contribution in [3.05, 3.63) is 18.3 Å². The van der Waals surface area contributed by atoms with E-state index in [1.165, 1.54) is 25.9 Å². The zero-order valence-corrected chi connectivity index (χ0v) is 16.5. The normalized spacial score (nSPS) is 21.1. The monoisotopic (exact) mass is 375 g/mol. The fraction of sp³-hybridized carbons (Fsp3) is 0.700. The zero-order valence-electron chi connectivity index (χ0n) is 16.5. The first-order valence-electron chi connectivity index (χ1n) is 10.3. The molecule has 2 aliphatic heterocycles. The van der Waals surface area contributed by atoms with Crippen LogP contribution in [0.2, 0.25) is 0 Å². The van der Waals surface area contributed by atoms with Gasteiger partial charge in [0.2, 0.25) is 0 Å². The third-order valence-electron chi connectivity index (χ3n) is 5.27. The van der Waals surface area contributed by atoms with Gasteiger partial charge in [-0.15, -0.1) is 0 Å². The van der Waals surface area contributed by atoms with E-state index in [1.807, 2.05) is 12.1 Å². The summed E-state index contributed by atoms with van der Waals surface area (Å²) >= 11 is 0.